The Kier molecular flexibility index (Phi) is 4.51. The second-order valence-corrected chi connectivity index (χ2v) is 5.61. The van der Waals surface area contributed by atoms with E-state index in [-0.39, 0.29) is 11.6 Å². The van der Waals surface area contributed by atoms with Crippen LogP contribution in [0.25, 0.3) is 0 Å². The quantitative estimate of drug-likeness (QED) is 0.531. The van der Waals surface area contributed by atoms with Crippen molar-refractivity contribution in [2.24, 2.45) is 5.73 Å². The summed E-state index contributed by atoms with van der Waals surface area (Å²) >= 11 is 0. The highest BCUT2D eigenvalue weighted by molar-refractivity contribution is 7.92. The number of amidine groups is 1. The van der Waals surface area contributed by atoms with Crippen LogP contribution >= 0.6 is 0 Å². The van der Waals surface area contributed by atoms with Gasteiger partial charge in [0.05, 0.1) is 5.75 Å². The lowest BCUT2D eigenvalue weighted by Crippen LogP contribution is -2.17. The van der Waals surface area contributed by atoms with E-state index in [1.807, 2.05) is 6.92 Å². The summed E-state index contributed by atoms with van der Waals surface area (Å²) in [6.45, 7) is 1.94. The number of anilines is 1. The summed E-state index contributed by atoms with van der Waals surface area (Å²) in [5.41, 5.74) is 6.27. The van der Waals surface area contributed by atoms with Crippen molar-refractivity contribution < 1.29 is 8.42 Å². The molecule has 0 bridgehead atoms. The van der Waals surface area contributed by atoms with Gasteiger partial charge in [0.25, 0.3) is 0 Å². The molecule has 94 valence electrons. The molecule has 1 aromatic carbocycles. The minimum Gasteiger partial charge on any atom is -0.384 e. The molecule has 0 unspecified atom stereocenters. The second kappa shape index (κ2) is 5.67. The molecule has 1 aromatic rings. The molecule has 17 heavy (non-hydrogen) atoms. The molecule has 4 N–H and O–H groups in total. The van der Waals surface area contributed by atoms with Gasteiger partial charge in [-0.15, -0.1) is 0 Å². The molecule has 0 aliphatic carbocycles. The van der Waals surface area contributed by atoms with Crippen LogP contribution in [0.1, 0.15) is 25.3 Å². The average molecular weight is 255 g/mol. The molecule has 0 radical (unpaired) electrons. The standard InChI is InChI=1S/C11H17N3O2S/c1-2-3-7-17(15,16)14-10-6-4-5-9(8-10)11(12)13/h4-6,8,14H,2-3,7H2,1H3,(H3,12,13). The van der Waals surface area contributed by atoms with Crippen LogP contribution in [0, 0.1) is 5.41 Å². The highest BCUT2D eigenvalue weighted by Crippen LogP contribution is 2.12. The van der Waals surface area contributed by atoms with Crippen LogP contribution in [0.4, 0.5) is 5.69 Å². The summed E-state index contributed by atoms with van der Waals surface area (Å²) in [5, 5.41) is 7.27. The predicted octanol–water partition coefficient (Wildman–Crippen LogP) is 1.51. The van der Waals surface area contributed by atoms with E-state index in [9.17, 15) is 8.42 Å². The maximum atomic E-state index is 11.6. The van der Waals surface area contributed by atoms with Crippen molar-refractivity contribution in [2.75, 3.05) is 10.5 Å². The molecule has 0 saturated carbocycles. The number of rotatable bonds is 6. The Morgan fingerprint density at radius 1 is 1.47 bits per heavy atom. The number of nitrogens with two attached hydrogens (primary N) is 1. The van der Waals surface area contributed by atoms with Crippen LogP contribution in [-0.4, -0.2) is 20.0 Å². The van der Waals surface area contributed by atoms with Crippen molar-refractivity contribution in [3.05, 3.63) is 29.8 Å². The maximum absolute atomic E-state index is 11.6. The minimum absolute atomic E-state index is 0.0837. The summed E-state index contributed by atoms with van der Waals surface area (Å²) in [5.74, 6) is 0.0213. The van der Waals surface area contributed by atoms with Crippen LogP contribution in [0.2, 0.25) is 0 Å². The molecule has 0 fully saturated rings. The topological polar surface area (TPSA) is 96.0 Å². The van der Waals surface area contributed by atoms with Gasteiger partial charge < -0.3 is 5.73 Å². The number of benzene rings is 1. The first-order chi connectivity index (χ1) is 7.94. The van der Waals surface area contributed by atoms with E-state index >= 15 is 0 Å². The van der Waals surface area contributed by atoms with Crippen molar-refractivity contribution in [2.45, 2.75) is 19.8 Å². The zero-order valence-corrected chi connectivity index (χ0v) is 10.5. The van der Waals surface area contributed by atoms with Gasteiger partial charge in [0, 0.05) is 11.3 Å². The Bertz CT molecular complexity index is 497. The van der Waals surface area contributed by atoms with Gasteiger partial charge in [-0.25, -0.2) is 8.42 Å². The molecule has 1 rings (SSSR count). The Morgan fingerprint density at radius 3 is 2.76 bits per heavy atom. The Hall–Kier alpha value is -1.56. The summed E-state index contributed by atoms with van der Waals surface area (Å²) < 4.78 is 25.8. The van der Waals surface area contributed by atoms with Gasteiger partial charge in [-0.3, -0.25) is 10.1 Å². The van der Waals surface area contributed by atoms with Crippen molar-refractivity contribution in [1.29, 1.82) is 5.41 Å². The van der Waals surface area contributed by atoms with E-state index in [2.05, 4.69) is 4.72 Å². The van der Waals surface area contributed by atoms with E-state index in [0.717, 1.165) is 6.42 Å². The van der Waals surface area contributed by atoms with E-state index in [1.54, 1.807) is 24.3 Å². The normalized spacial score (nSPS) is 11.1. The summed E-state index contributed by atoms with van der Waals surface area (Å²) in [4.78, 5) is 0. The fourth-order valence-corrected chi connectivity index (χ4v) is 2.57. The zero-order valence-electron chi connectivity index (χ0n) is 9.73. The molecule has 0 atom stereocenters. The maximum Gasteiger partial charge on any atom is 0.232 e. The number of nitrogens with one attached hydrogen (secondary N) is 2. The molecule has 5 nitrogen and oxygen atoms in total. The summed E-state index contributed by atoms with van der Waals surface area (Å²) in [6.07, 6.45) is 1.45. The zero-order chi connectivity index (χ0) is 12.9. The second-order valence-electron chi connectivity index (χ2n) is 3.77. The largest absolute Gasteiger partial charge is 0.384 e. The van der Waals surface area contributed by atoms with Crippen molar-refractivity contribution in [3.63, 3.8) is 0 Å². The first kappa shape index (κ1) is 13.5. The fourth-order valence-electron chi connectivity index (χ4n) is 1.32. The van der Waals surface area contributed by atoms with Crippen LogP contribution in [0.5, 0.6) is 0 Å². The van der Waals surface area contributed by atoms with Crippen LogP contribution in [0.15, 0.2) is 24.3 Å². The van der Waals surface area contributed by atoms with Gasteiger partial charge in [-0.1, -0.05) is 25.5 Å². The van der Waals surface area contributed by atoms with E-state index in [1.165, 1.54) is 0 Å². The minimum atomic E-state index is -3.30. The van der Waals surface area contributed by atoms with Gasteiger partial charge in [-0.05, 0) is 18.6 Å². The van der Waals surface area contributed by atoms with E-state index < -0.39 is 10.0 Å². The van der Waals surface area contributed by atoms with Gasteiger partial charge in [0.2, 0.25) is 10.0 Å². The summed E-state index contributed by atoms with van der Waals surface area (Å²) in [7, 11) is -3.30. The van der Waals surface area contributed by atoms with Gasteiger partial charge in [0.15, 0.2) is 0 Å². The Morgan fingerprint density at radius 2 is 2.18 bits per heavy atom. The van der Waals surface area contributed by atoms with Crippen molar-refractivity contribution in [1.82, 2.24) is 0 Å². The lowest BCUT2D eigenvalue weighted by atomic mass is 10.2. The molecule has 0 heterocycles. The number of hydrogen-bond acceptors (Lipinski definition) is 3. The van der Waals surface area contributed by atoms with Crippen LogP contribution < -0.4 is 10.5 Å². The molecule has 0 aliphatic rings. The lowest BCUT2D eigenvalue weighted by Gasteiger charge is -2.08. The van der Waals surface area contributed by atoms with Crippen LogP contribution in [0.3, 0.4) is 0 Å². The number of hydrogen-bond donors (Lipinski definition) is 3. The molecular formula is C11H17N3O2S. The molecule has 0 amide bonds. The van der Waals surface area contributed by atoms with Crippen molar-refractivity contribution in [3.8, 4) is 0 Å². The monoisotopic (exact) mass is 255 g/mol. The third-order valence-electron chi connectivity index (χ3n) is 2.21. The lowest BCUT2D eigenvalue weighted by molar-refractivity contribution is 0.598. The molecule has 0 aromatic heterocycles. The van der Waals surface area contributed by atoms with E-state index in [0.29, 0.717) is 17.7 Å². The highest BCUT2D eigenvalue weighted by Gasteiger charge is 2.09. The van der Waals surface area contributed by atoms with Gasteiger partial charge in [-0.2, -0.15) is 0 Å². The predicted molar refractivity (Wildman–Crippen MR) is 69.8 cm³/mol. The Labute approximate surface area is 102 Å². The Balaban J connectivity index is 2.81. The number of unbranched alkanes of at least 4 members (excludes halogenated alkanes) is 1. The van der Waals surface area contributed by atoms with Crippen molar-refractivity contribution >= 4 is 21.5 Å². The van der Waals surface area contributed by atoms with Gasteiger partial charge in [0.1, 0.15) is 5.84 Å². The van der Waals surface area contributed by atoms with Crippen LogP contribution in [-0.2, 0) is 10.0 Å². The fraction of sp³-hybridized carbons (Fsp3) is 0.364. The first-order valence-corrected chi connectivity index (χ1v) is 7.05. The first-order valence-electron chi connectivity index (χ1n) is 5.39. The molecular weight excluding hydrogens is 238 g/mol. The number of nitrogen functional groups attached to an aromatic ring is 1. The molecule has 0 saturated heterocycles. The van der Waals surface area contributed by atoms with E-state index in [4.69, 9.17) is 11.1 Å². The third-order valence-corrected chi connectivity index (χ3v) is 3.59. The smallest absolute Gasteiger partial charge is 0.232 e. The number of sulfonamides is 1. The average Bonchev–Trinajstić information content (AvgIpc) is 2.26. The summed E-state index contributed by atoms with van der Waals surface area (Å²) in [6, 6.07) is 6.50. The highest BCUT2D eigenvalue weighted by atomic mass is 32.2. The molecule has 6 heteroatoms. The van der Waals surface area contributed by atoms with Gasteiger partial charge >= 0.3 is 0 Å². The molecule has 0 aliphatic heterocycles. The third kappa shape index (κ3) is 4.44. The molecule has 0 spiro atoms. The SMILES string of the molecule is CCCCS(=O)(=O)Nc1cccc(C(=N)N)c1.